The van der Waals surface area contributed by atoms with Gasteiger partial charge in [0.25, 0.3) is 0 Å². The Kier molecular flexibility index (Phi) is 1.89. The van der Waals surface area contributed by atoms with Gasteiger partial charge in [-0.2, -0.15) is 0 Å². The Hall–Kier alpha value is -0.790. The molecule has 0 amide bonds. The number of allylic oxidation sites excluding steroid dienone is 2. The molecule has 2 heteroatoms. The average molecular weight is 221 g/mol. The molecule has 3 rings (SSSR count). The summed E-state index contributed by atoms with van der Waals surface area (Å²) in [4.78, 5) is 0. The first kappa shape index (κ1) is 8.51. The molecule has 0 N–H and O–H groups in total. The smallest absolute Gasteiger partial charge is 0.0345 e. The molecule has 14 heavy (non-hydrogen) atoms. The zero-order chi connectivity index (χ0) is 9.54. The van der Waals surface area contributed by atoms with Gasteiger partial charge in [0.2, 0.25) is 0 Å². The van der Waals surface area contributed by atoms with E-state index in [0.29, 0.717) is 0 Å². The summed E-state index contributed by atoms with van der Waals surface area (Å²) in [7, 11) is 0. The van der Waals surface area contributed by atoms with Crippen molar-refractivity contribution in [3.63, 3.8) is 0 Å². The zero-order valence-corrected chi connectivity index (χ0v) is 9.16. The maximum absolute atomic E-state index is 6.08. The van der Waals surface area contributed by atoms with Gasteiger partial charge in [-0.3, -0.25) is 0 Å². The van der Waals surface area contributed by atoms with Crippen LogP contribution in [0.1, 0.15) is 11.1 Å². The van der Waals surface area contributed by atoms with E-state index in [1.165, 1.54) is 21.2 Å². The molecule has 0 fully saturated rings. The lowest BCUT2D eigenvalue weighted by atomic mass is 9.94. The zero-order valence-electron chi connectivity index (χ0n) is 7.59. The first-order chi connectivity index (χ1) is 6.84. The molecule has 1 aliphatic carbocycles. The van der Waals surface area contributed by atoms with Gasteiger partial charge in [0, 0.05) is 16.2 Å². The first-order valence-electron chi connectivity index (χ1n) is 4.67. The van der Waals surface area contributed by atoms with Crippen molar-refractivity contribution >= 4 is 33.0 Å². The normalized spacial score (nSPS) is 15.4. The predicted molar refractivity (Wildman–Crippen MR) is 63.2 cm³/mol. The van der Waals surface area contributed by atoms with Crippen molar-refractivity contribution in [2.75, 3.05) is 0 Å². The molecular formula is C12H9ClS. The van der Waals surface area contributed by atoms with Gasteiger partial charge in [0.15, 0.2) is 0 Å². The third-order valence-electron chi connectivity index (χ3n) is 2.73. The van der Waals surface area contributed by atoms with Crippen molar-refractivity contribution in [3.05, 3.63) is 45.8 Å². The van der Waals surface area contributed by atoms with E-state index in [1.54, 1.807) is 11.3 Å². The lowest BCUT2D eigenvalue weighted by Gasteiger charge is -2.14. The molecule has 0 nitrogen and oxygen atoms in total. The van der Waals surface area contributed by atoms with E-state index < -0.39 is 0 Å². The molecular weight excluding hydrogens is 212 g/mol. The Balaban J connectivity index is 2.30. The highest BCUT2D eigenvalue weighted by molar-refractivity contribution is 7.17. The minimum absolute atomic E-state index is 0.908. The molecule has 1 aromatic heterocycles. The van der Waals surface area contributed by atoms with Crippen molar-refractivity contribution in [1.29, 1.82) is 0 Å². The molecule has 70 valence electrons. The highest BCUT2D eigenvalue weighted by Crippen LogP contribution is 2.32. The van der Waals surface area contributed by atoms with Gasteiger partial charge < -0.3 is 0 Å². The standard InChI is InChI=1S/C12H9ClS/c13-9-3-1-8-2-4-12-10(5-6-14-12)11(8)7-9/h2-6H,1,7H2. The maximum Gasteiger partial charge on any atom is 0.0345 e. The molecule has 0 unspecified atom stereocenters. The summed E-state index contributed by atoms with van der Waals surface area (Å²) in [5.74, 6) is 0. The first-order valence-corrected chi connectivity index (χ1v) is 5.93. The minimum Gasteiger partial charge on any atom is -0.144 e. The van der Waals surface area contributed by atoms with Gasteiger partial charge in [-0.05, 0) is 40.4 Å². The number of thiophene rings is 1. The largest absolute Gasteiger partial charge is 0.144 e. The predicted octanol–water partition coefficient (Wildman–Crippen LogP) is 4.12. The molecule has 0 atom stereocenters. The van der Waals surface area contributed by atoms with E-state index in [4.69, 9.17) is 11.6 Å². The van der Waals surface area contributed by atoms with Crippen LogP contribution in [0.3, 0.4) is 0 Å². The van der Waals surface area contributed by atoms with Crippen LogP contribution in [-0.2, 0) is 12.8 Å². The topological polar surface area (TPSA) is 0 Å². The number of rotatable bonds is 0. The SMILES string of the molecule is ClC1=CCc2ccc3sccc3c2C1. The summed E-state index contributed by atoms with van der Waals surface area (Å²) in [6.07, 6.45) is 4.01. The van der Waals surface area contributed by atoms with Crippen LogP contribution in [0.25, 0.3) is 10.1 Å². The van der Waals surface area contributed by atoms with E-state index in [0.717, 1.165) is 17.9 Å². The van der Waals surface area contributed by atoms with Gasteiger partial charge in [-0.1, -0.05) is 23.7 Å². The molecule has 0 saturated carbocycles. The number of hydrogen-bond donors (Lipinski definition) is 0. The van der Waals surface area contributed by atoms with Crippen molar-refractivity contribution in [1.82, 2.24) is 0 Å². The molecule has 0 aliphatic heterocycles. The van der Waals surface area contributed by atoms with Gasteiger partial charge in [-0.25, -0.2) is 0 Å². The third kappa shape index (κ3) is 1.20. The van der Waals surface area contributed by atoms with Crippen LogP contribution >= 0.6 is 22.9 Å². The van der Waals surface area contributed by atoms with Crippen molar-refractivity contribution < 1.29 is 0 Å². The second-order valence-corrected chi connectivity index (χ2v) is 5.00. The Morgan fingerprint density at radius 2 is 2.14 bits per heavy atom. The van der Waals surface area contributed by atoms with E-state index in [9.17, 15) is 0 Å². The monoisotopic (exact) mass is 220 g/mol. The van der Waals surface area contributed by atoms with Crippen LogP contribution in [0.4, 0.5) is 0 Å². The summed E-state index contributed by atoms with van der Waals surface area (Å²) >= 11 is 7.88. The van der Waals surface area contributed by atoms with Crippen LogP contribution in [-0.4, -0.2) is 0 Å². The molecule has 2 aromatic rings. The molecule has 1 aliphatic rings. The van der Waals surface area contributed by atoms with Gasteiger partial charge in [0.05, 0.1) is 0 Å². The Bertz CT molecular complexity index is 522. The quantitative estimate of drug-likeness (QED) is 0.627. The fraction of sp³-hybridized carbons (Fsp3) is 0.167. The van der Waals surface area contributed by atoms with Crippen molar-refractivity contribution in [2.24, 2.45) is 0 Å². The Labute approximate surface area is 91.8 Å². The number of fused-ring (bicyclic) bond motifs is 3. The Morgan fingerprint density at radius 3 is 3.07 bits per heavy atom. The summed E-state index contributed by atoms with van der Waals surface area (Å²) in [6.45, 7) is 0. The molecule has 1 aromatic carbocycles. The van der Waals surface area contributed by atoms with Crippen LogP contribution in [0, 0.1) is 0 Å². The van der Waals surface area contributed by atoms with E-state index in [2.05, 4.69) is 29.7 Å². The fourth-order valence-corrected chi connectivity index (χ4v) is 3.04. The fourth-order valence-electron chi connectivity index (χ4n) is 2.01. The van der Waals surface area contributed by atoms with Crippen LogP contribution < -0.4 is 0 Å². The van der Waals surface area contributed by atoms with Gasteiger partial charge >= 0.3 is 0 Å². The molecule has 0 bridgehead atoms. The number of hydrogen-bond acceptors (Lipinski definition) is 1. The Morgan fingerprint density at radius 1 is 1.21 bits per heavy atom. The number of benzene rings is 1. The van der Waals surface area contributed by atoms with E-state index in [1.807, 2.05) is 0 Å². The second kappa shape index (κ2) is 3.11. The van der Waals surface area contributed by atoms with Crippen LogP contribution in [0.5, 0.6) is 0 Å². The van der Waals surface area contributed by atoms with Gasteiger partial charge in [-0.15, -0.1) is 11.3 Å². The van der Waals surface area contributed by atoms with Crippen molar-refractivity contribution in [2.45, 2.75) is 12.8 Å². The highest BCUT2D eigenvalue weighted by atomic mass is 35.5. The highest BCUT2D eigenvalue weighted by Gasteiger charge is 2.12. The lowest BCUT2D eigenvalue weighted by Crippen LogP contribution is -1.99. The maximum atomic E-state index is 6.08. The summed E-state index contributed by atoms with van der Waals surface area (Å²) in [5, 5.41) is 4.52. The molecule has 0 spiro atoms. The minimum atomic E-state index is 0.908. The summed E-state index contributed by atoms with van der Waals surface area (Å²) < 4.78 is 1.37. The van der Waals surface area contributed by atoms with Crippen molar-refractivity contribution in [3.8, 4) is 0 Å². The molecule has 0 radical (unpaired) electrons. The summed E-state index contributed by atoms with van der Waals surface area (Å²) in [5.41, 5.74) is 2.86. The van der Waals surface area contributed by atoms with Gasteiger partial charge in [0.1, 0.15) is 0 Å². The second-order valence-electron chi connectivity index (χ2n) is 3.57. The number of halogens is 1. The lowest BCUT2D eigenvalue weighted by molar-refractivity contribution is 1.09. The summed E-state index contributed by atoms with van der Waals surface area (Å²) in [6, 6.07) is 6.65. The van der Waals surface area contributed by atoms with E-state index in [-0.39, 0.29) is 0 Å². The van der Waals surface area contributed by atoms with E-state index >= 15 is 0 Å². The molecule has 1 heterocycles. The molecule has 0 saturated heterocycles. The third-order valence-corrected chi connectivity index (χ3v) is 3.90. The van der Waals surface area contributed by atoms with Crippen LogP contribution in [0.2, 0.25) is 0 Å². The van der Waals surface area contributed by atoms with Crippen LogP contribution in [0.15, 0.2) is 34.7 Å². The average Bonchev–Trinajstić information content (AvgIpc) is 2.65.